The SMILES string of the molecule is COc1ccc(NC(=O)[C@H](CCCCN)NC(=O)c2cc(NC(=O)[C@@H](N)CCCCCN)ccc2OC)cc1C(=O)N[C@@H](CCCCN)C(=O)Nc1ccc(OC)c(C(=O)N[C@@H](CCCCCN)C(=O)Nc2ccc(OC)c(C(=O)N[C@H](Cc3ccccc3)C(=O)O)c2)c1. The third-order valence-corrected chi connectivity index (χ3v) is 15.2. The van der Waals surface area contributed by atoms with Crippen molar-refractivity contribution in [2.24, 2.45) is 28.7 Å². The van der Waals surface area contributed by atoms with E-state index in [0.717, 1.165) is 12.8 Å². The van der Waals surface area contributed by atoms with E-state index in [2.05, 4.69) is 42.5 Å². The lowest BCUT2D eigenvalue weighted by molar-refractivity contribution is -0.139. The molecule has 5 aromatic rings. The van der Waals surface area contributed by atoms with Gasteiger partial charge in [-0.1, -0.05) is 56.0 Å². The molecule has 508 valence electrons. The van der Waals surface area contributed by atoms with Gasteiger partial charge in [-0.2, -0.15) is 0 Å². The minimum absolute atomic E-state index is 0.00130. The Balaban J connectivity index is 1.33. The molecule has 0 unspecified atom stereocenters. The average molecular weight is 1300 g/mol. The number of hydrogen-bond acceptors (Lipinski definition) is 18. The van der Waals surface area contributed by atoms with E-state index in [4.69, 9.17) is 47.6 Å². The molecule has 8 amide bonds. The molecule has 0 aliphatic heterocycles. The molecule has 0 aromatic heterocycles. The molecule has 0 aliphatic rings. The summed E-state index contributed by atoms with van der Waals surface area (Å²) in [6.45, 7) is 1.56. The standard InChI is InChI=1S/C67H91N13O14/c1-91-55-28-24-42(73-63(85)50(72)20-10-6-14-32-68)37-46(55)59(81)78-52(22-12-16-34-70)65(87)76-44-26-30-57(93-3)48(39-44)61(83)79-53(23-13-17-35-71)66(88)75-43-25-29-56(92-2)47(38-43)60(82)77-51(21-11-7-15-33-69)64(86)74-45-27-31-58(94-4)49(40-45)62(84)80-54(67(89)90)36-41-18-8-5-9-19-41/h5,8-9,18-19,24-31,37-40,50-54H,6-7,10-17,20-23,32-36,68-72H2,1-4H3,(H,73,85)(H,74,86)(H,75,88)(H,76,87)(H,77,82)(H,78,81)(H,79,83)(H,80,84)(H,89,90)/t50-,51-,52-,53-,54+/m0/s1. The number of carboxylic acid groups (broad SMARTS) is 1. The Labute approximate surface area is 547 Å². The van der Waals surface area contributed by atoms with E-state index < -0.39 is 83.4 Å². The summed E-state index contributed by atoms with van der Waals surface area (Å²) in [6, 6.07) is 20.5. The smallest absolute Gasteiger partial charge is 0.326 e. The monoisotopic (exact) mass is 1300 g/mol. The maximum atomic E-state index is 14.4. The number of amides is 8. The molecule has 0 fully saturated rings. The van der Waals surface area contributed by atoms with Crippen molar-refractivity contribution in [1.29, 1.82) is 0 Å². The van der Waals surface area contributed by atoms with Crippen LogP contribution in [-0.4, -0.2) is 143 Å². The maximum absolute atomic E-state index is 14.4. The third kappa shape index (κ3) is 23.5. The van der Waals surface area contributed by atoms with Crippen LogP contribution in [0.1, 0.15) is 137 Å². The summed E-state index contributed by atoms with van der Waals surface area (Å²) in [6.07, 6.45) is 6.86. The summed E-state index contributed by atoms with van der Waals surface area (Å²) in [5.41, 5.74) is 30.3. The number of carboxylic acids is 1. The van der Waals surface area contributed by atoms with Gasteiger partial charge in [-0.3, -0.25) is 38.4 Å². The Morgan fingerprint density at radius 2 is 0.660 bits per heavy atom. The molecule has 27 nitrogen and oxygen atoms in total. The second-order valence-corrected chi connectivity index (χ2v) is 22.2. The molecule has 0 bridgehead atoms. The summed E-state index contributed by atoms with van der Waals surface area (Å²) >= 11 is 0. The van der Waals surface area contributed by atoms with E-state index in [1.807, 2.05) is 0 Å². The molecule has 94 heavy (non-hydrogen) atoms. The van der Waals surface area contributed by atoms with Gasteiger partial charge in [-0.05, 0) is 169 Å². The van der Waals surface area contributed by atoms with Gasteiger partial charge in [-0.15, -0.1) is 0 Å². The number of carbonyl (C=O) groups excluding carboxylic acids is 8. The predicted molar refractivity (Wildman–Crippen MR) is 358 cm³/mol. The van der Waals surface area contributed by atoms with Crippen LogP contribution < -0.4 is 90.2 Å². The molecule has 0 heterocycles. The number of anilines is 4. The Bertz CT molecular complexity index is 3350. The average Bonchev–Trinajstić information content (AvgIpc) is 0.924. The first-order valence-electron chi connectivity index (χ1n) is 31.3. The van der Waals surface area contributed by atoms with Crippen molar-refractivity contribution in [2.75, 3.05) is 75.9 Å². The Morgan fingerprint density at radius 1 is 0.372 bits per heavy atom. The highest BCUT2D eigenvalue weighted by Crippen LogP contribution is 2.29. The first-order valence-corrected chi connectivity index (χ1v) is 31.3. The zero-order valence-electron chi connectivity index (χ0n) is 53.8. The number of methoxy groups -OCH3 is 4. The summed E-state index contributed by atoms with van der Waals surface area (Å²) in [5, 5.41) is 32.0. The number of ether oxygens (including phenoxy) is 4. The number of carbonyl (C=O) groups is 9. The minimum atomic E-state index is -1.30. The highest BCUT2D eigenvalue weighted by atomic mass is 16.5. The second kappa shape index (κ2) is 39.7. The molecule has 5 atom stereocenters. The van der Waals surface area contributed by atoms with Crippen molar-refractivity contribution < 1.29 is 67.2 Å². The molecular weight excluding hydrogens is 1210 g/mol. The van der Waals surface area contributed by atoms with E-state index in [-0.39, 0.29) is 93.7 Å². The maximum Gasteiger partial charge on any atom is 0.326 e. The largest absolute Gasteiger partial charge is 0.496 e. The van der Waals surface area contributed by atoms with Gasteiger partial charge < -0.3 is 95.3 Å². The van der Waals surface area contributed by atoms with Gasteiger partial charge in [0.05, 0.1) is 56.7 Å². The van der Waals surface area contributed by atoms with Crippen LogP contribution in [0.25, 0.3) is 0 Å². The fourth-order valence-corrected chi connectivity index (χ4v) is 10.0. The first kappa shape index (κ1) is 75.1. The van der Waals surface area contributed by atoms with Gasteiger partial charge in [0, 0.05) is 29.2 Å². The van der Waals surface area contributed by atoms with E-state index in [9.17, 15) is 48.3 Å². The topological polar surface area (TPSA) is 437 Å². The van der Waals surface area contributed by atoms with E-state index >= 15 is 0 Å². The highest BCUT2D eigenvalue weighted by molar-refractivity contribution is 6.08. The lowest BCUT2D eigenvalue weighted by atomic mass is 10.0. The summed E-state index contributed by atoms with van der Waals surface area (Å²) < 4.78 is 22.0. The van der Waals surface area contributed by atoms with Gasteiger partial charge in [0.2, 0.25) is 23.6 Å². The van der Waals surface area contributed by atoms with E-state index in [0.29, 0.717) is 89.5 Å². The predicted octanol–water partition coefficient (Wildman–Crippen LogP) is 4.92. The number of nitrogens with one attached hydrogen (secondary N) is 8. The molecule has 5 aromatic carbocycles. The summed E-state index contributed by atoms with van der Waals surface area (Å²) in [5.74, 6) is -6.19. The summed E-state index contributed by atoms with van der Waals surface area (Å²) in [7, 11) is 5.39. The quantitative estimate of drug-likeness (QED) is 0.0231. The van der Waals surface area contributed by atoms with Crippen molar-refractivity contribution in [3.63, 3.8) is 0 Å². The van der Waals surface area contributed by atoms with Crippen LogP contribution in [0.5, 0.6) is 23.0 Å². The fourth-order valence-electron chi connectivity index (χ4n) is 10.0. The molecule has 19 N–H and O–H groups in total. The van der Waals surface area contributed by atoms with Crippen LogP contribution >= 0.6 is 0 Å². The van der Waals surface area contributed by atoms with Gasteiger partial charge in [-0.25, -0.2) is 4.79 Å². The number of unbranched alkanes of at least 4 members (excludes halogenated alkanes) is 6. The van der Waals surface area contributed by atoms with Crippen LogP contribution in [0, 0.1) is 0 Å². The second-order valence-electron chi connectivity index (χ2n) is 22.2. The van der Waals surface area contributed by atoms with Crippen molar-refractivity contribution in [2.45, 2.75) is 127 Å². The lowest BCUT2D eigenvalue weighted by Crippen LogP contribution is -2.44. The number of nitrogens with two attached hydrogens (primary N) is 5. The van der Waals surface area contributed by atoms with E-state index in [1.165, 1.54) is 95.2 Å². The van der Waals surface area contributed by atoms with Gasteiger partial charge in [0.25, 0.3) is 23.6 Å². The van der Waals surface area contributed by atoms with E-state index in [1.54, 1.807) is 36.4 Å². The molecule has 0 radical (unpaired) electrons. The molecule has 27 heteroatoms. The first-order chi connectivity index (χ1) is 45.3. The number of benzene rings is 5. The zero-order chi connectivity index (χ0) is 68.5. The molecule has 0 saturated carbocycles. The minimum Gasteiger partial charge on any atom is -0.496 e. The Morgan fingerprint density at radius 3 is 0.968 bits per heavy atom. The fraction of sp³-hybridized carbons (Fsp3) is 0.418. The summed E-state index contributed by atoms with van der Waals surface area (Å²) in [4.78, 5) is 124. The van der Waals surface area contributed by atoms with Crippen LogP contribution in [-0.2, 0) is 30.4 Å². The van der Waals surface area contributed by atoms with Crippen molar-refractivity contribution in [3.8, 4) is 23.0 Å². The normalized spacial score (nSPS) is 12.5. The van der Waals surface area contributed by atoms with Crippen LogP contribution in [0.3, 0.4) is 0 Å². The Kier molecular flexibility index (Phi) is 31.7. The van der Waals surface area contributed by atoms with Gasteiger partial charge >= 0.3 is 5.97 Å². The number of hydrogen-bond donors (Lipinski definition) is 14. The molecule has 0 aliphatic carbocycles. The van der Waals surface area contributed by atoms with Crippen LogP contribution in [0.2, 0.25) is 0 Å². The van der Waals surface area contributed by atoms with Crippen molar-refractivity contribution >= 4 is 76.0 Å². The van der Waals surface area contributed by atoms with Crippen LogP contribution in [0.4, 0.5) is 22.7 Å². The van der Waals surface area contributed by atoms with Crippen LogP contribution in [0.15, 0.2) is 103 Å². The Hall–Kier alpha value is -9.67. The third-order valence-electron chi connectivity index (χ3n) is 15.2. The van der Waals surface area contributed by atoms with Crippen molar-refractivity contribution in [3.05, 3.63) is 131 Å². The molecular formula is C67H91N13O14. The molecule has 0 saturated heterocycles. The van der Waals surface area contributed by atoms with Gasteiger partial charge in [0.15, 0.2) is 0 Å². The number of aliphatic carboxylic acids is 1. The number of rotatable bonds is 41. The zero-order valence-corrected chi connectivity index (χ0v) is 53.8. The molecule has 5 rings (SSSR count). The lowest BCUT2D eigenvalue weighted by Gasteiger charge is -2.22. The van der Waals surface area contributed by atoms with Gasteiger partial charge in [0.1, 0.15) is 47.2 Å². The highest BCUT2D eigenvalue weighted by Gasteiger charge is 2.30. The molecule has 0 spiro atoms. The van der Waals surface area contributed by atoms with Crippen molar-refractivity contribution in [1.82, 2.24) is 21.3 Å².